The molecule has 0 amide bonds. The average molecular weight is 545 g/mol. The van der Waals surface area contributed by atoms with Gasteiger partial charge in [0.2, 0.25) is 0 Å². The fourth-order valence-corrected chi connectivity index (χ4v) is 8.40. The molecule has 0 saturated heterocycles. The van der Waals surface area contributed by atoms with Gasteiger partial charge >= 0.3 is 0 Å². The van der Waals surface area contributed by atoms with Gasteiger partial charge < -0.3 is 13.2 Å². The lowest BCUT2D eigenvalue weighted by atomic mass is 10.0. The third-order valence-electron chi connectivity index (χ3n) is 10.1. The second-order valence-electron chi connectivity index (χ2n) is 12.1. The van der Waals surface area contributed by atoms with E-state index >= 15 is 0 Å². The van der Waals surface area contributed by atoms with Crippen LogP contribution < -0.4 is 0 Å². The van der Waals surface area contributed by atoms with E-state index in [9.17, 15) is 0 Å². The van der Waals surface area contributed by atoms with Crippen LogP contribution in [-0.4, -0.2) is 8.80 Å². The van der Waals surface area contributed by atoms with Crippen molar-refractivity contribution in [1.82, 2.24) is 8.80 Å². The fraction of sp³-hybridized carbons (Fsp3) is 0. The second kappa shape index (κ2) is 6.80. The zero-order chi connectivity index (χ0) is 27.6. The predicted molar refractivity (Wildman–Crippen MR) is 181 cm³/mol. The molecule has 12 aromatic rings. The van der Waals surface area contributed by atoms with Crippen molar-refractivity contribution < 1.29 is 4.42 Å². The SMILES string of the molecule is c1ccc2cc3c(cc2c1)c1cccc2c4cc5c6cccc7c8c9oc%10ccccc%10c9ccc8n(c5cc4n3c12)c67. The summed E-state index contributed by atoms with van der Waals surface area (Å²) in [7, 11) is 0. The van der Waals surface area contributed by atoms with Gasteiger partial charge in [0.05, 0.1) is 38.5 Å². The first-order valence-corrected chi connectivity index (χ1v) is 14.9. The van der Waals surface area contributed by atoms with Crippen LogP contribution in [0.4, 0.5) is 0 Å². The van der Waals surface area contributed by atoms with E-state index in [-0.39, 0.29) is 0 Å². The molecule has 0 unspecified atom stereocenters. The molecule has 3 heteroatoms. The standard InChI is InChI=1S/C40H20N2O/c1-2-8-22-18-33-29(17-21(22)7-1)24-10-5-11-25-30-19-31-26-12-6-13-28-37-32(16-15-27-23-9-3-4-14-36(23)43-40(27)37)41(39(26)28)34(31)20-35(30)42(33)38(24)25/h1-20H. The van der Waals surface area contributed by atoms with Crippen LogP contribution in [0.3, 0.4) is 0 Å². The Hall–Kier alpha value is -5.80. The summed E-state index contributed by atoms with van der Waals surface area (Å²) in [5.41, 5.74) is 9.44. The van der Waals surface area contributed by atoms with Crippen molar-refractivity contribution in [3.8, 4) is 0 Å². The minimum atomic E-state index is 0.936. The van der Waals surface area contributed by atoms with Gasteiger partial charge in [-0.3, -0.25) is 0 Å². The maximum absolute atomic E-state index is 6.55. The van der Waals surface area contributed by atoms with Crippen molar-refractivity contribution in [2.75, 3.05) is 0 Å². The zero-order valence-corrected chi connectivity index (χ0v) is 22.8. The topological polar surface area (TPSA) is 22.0 Å². The number of hydrogen-bond acceptors (Lipinski definition) is 1. The smallest absolute Gasteiger partial charge is 0.145 e. The molecule has 0 aliphatic rings. The van der Waals surface area contributed by atoms with Crippen LogP contribution in [0.2, 0.25) is 0 Å². The summed E-state index contributed by atoms with van der Waals surface area (Å²) < 4.78 is 11.5. The van der Waals surface area contributed by atoms with Gasteiger partial charge in [0.1, 0.15) is 11.2 Å². The summed E-state index contributed by atoms with van der Waals surface area (Å²) in [6.07, 6.45) is 0. The van der Waals surface area contributed by atoms with Crippen LogP contribution in [0.15, 0.2) is 126 Å². The number of para-hydroxylation sites is 3. The van der Waals surface area contributed by atoms with Gasteiger partial charge in [-0.1, -0.05) is 78.9 Å². The summed E-state index contributed by atoms with van der Waals surface area (Å²) >= 11 is 0. The highest BCUT2D eigenvalue weighted by Crippen LogP contribution is 2.46. The Bertz CT molecular complexity index is 3170. The van der Waals surface area contributed by atoms with Crippen molar-refractivity contribution in [1.29, 1.82) is 0 Å². The monoisotopic (exact) mass is 544 g/mol. The van der Waals surface area contributed by atoms with E-state index in [0.29, 0.717) is 0 Å². The van der Waals surface area contributed by atoms with E-state index in [0.717, 1.165) is 11.2 Å². The van der Waals surface area contributed by atoms with Gasteiger partial charge in [-0.05, 0) is 53.2 Å². The lowest BCUT2D eigenvalue weighted by Gasteiger charge is -2.03. The highest BCUT2D eigenvalue weighted by molar-refractivity contribution is 6.32. The maximum atomic E-state index is 6.55. The Balaban J connectivity index is 1.32. The Morgan fingerprint density at radius 2 is 0.953 bits per heavy atom. The summed E-state index contributed by atoms with van der Waals surface area (Å²) in [5.74, 6) is 0. The molecule has 3 nitrogen and oxygen atoms in total. The van der Waals surface area contributed by atoms with Crippen molar-refractivity contribution in [2.45, 2.75) is 0 Å². The van der Waals surface area contributed by atoms with E-state index in [4.69, 9.17) is 4.42 Å². The highest BCUT2D eigenvalue weighted by Gasteiger charge is 2.24. The number of rotatable bonds is 0. The zero-order valence-electron chi connectivity index (χ0n) is 22.8. The predicted octanol–water partition coefficient (Wildman–Crippen LogP) is 11.0. The Morgan fingerprint density at radius 1 is 0.372 bits per heavy atom. The van der Waals surface area contributed by atoms with E-state index < -0.39 is 0 Å². The summed E-state index contributed by atoms with van der Waals surface area (Å²) in [6, 6.07) is 44.7. The largest absolute Gasteiger partial charge is 0.455 e. The normalized spacial score (nSPS) is 13.1. The van der Waals surface area contributed by atoms with Gasteiger partial charge in [-0.2, -0.15) is 0 Å². The van der Waals surface area contributed by atoms with E-state index in [1.54, 1.807) is 0 Å². The Morgan fingerprint density at radius 3 is 1.74 bits per heavy atom. The van der Waals surface area contributed by atoms with Crippen LogP contribution in [0.1, 0.15) is 0 Å². The molecule has 7 aromatic carbocycles. The summed E-state index contributed by atoms with van der Waals surface area (Å²) in [6.45, 7) is 0. The van der Waals surface area contributed by atoms with Gasteiger partial charge in [-0.15, -0.1) is 0 Å². The summed E-state index contributed by atoms with van der Waals surface area (Å²) in [4.78, 5) is 0. The first-order chi connectivity index (χ1) is 21.3. The summed E-state index contributed by atoms with van der Waals surface area (Å²) in [5, 5.41) is 15.2. The molecule has 5 heterocycles. The maximum Gasteiger partial charge on any atom is 0.145 e. The molecular formula is C40H20N2O. The van der Waals surface area contributed by atoms with Crippen LogP contribution in [0.5, 0.6) is 0 Å². The van der Waals surface area contributed by atoms with Gasteiger partial charge in [-0.25, -0.2) is 0 Å². The molecule has 0 fully saturated rings. The van der Waals surface area contributed by atoms with Crippen molar-refractivity contribution in [2.24, 2.45) is 0 Å². The van der Waals surface area contributed by atoms with Crippen LogP contribution >= 0.6 is 0 Å². The lowest BCUT2D eigenvalue weighted by Crippen LogP contribution is -1.84. The van der Waals surface area contributed by atoms with Gasteiger partial charge in [0.25, 0.3) is 0 Å². The highest BCUT2D eigenvalue weighted by atomic mass is 16.3. The first-order valence-electron chi connectivity index (χ1n) is 14.9. The van der Waals surface area contributed by atoms with Crippen LogP contribution in [0.25, 0.3) is 109 Å². The molecule has 5 aromatic heterocycles. The Kier molecular flexibility index (Phi) is 3.32. The molecule has 196 valence electrons. The second-order valence-corrected chi connectivity index (χ2v) is 12.1. The molecular weight excluding hydrogens is 524 g/mol. The number of hydrogen-bond donors (Lipinski definition) is 0. The molecule has 43 heavy (non-hydrogen) atoms. The molecule has 0 spiro atoms. The molecule has 0 N–H and O–H groups in total. The minimum absolute atomic E-state index is 0.936. The van der Waals surface area contributed by atoms with Gasteiger partial charge in [0, 0.05) is 48.5 Å². The van der Waals surface area contributed by atoms with Crippen LogP contribution in [-0.2, 0) is 0 Å². The third kappa shape index (κ3) is 2.25. The fourth-order valence-electron chi connectivity index (χ4n) is 8.40. The number of aromatic nitrogens is 2. The van der Waals surface area contributed by atoms with Crippen molar-refractivity contribution in [3.05, 3.63) is 121 Å². The molecule has 12 rings (SSSR count). The third-order valence-corrected chi connectivity index (χ3v) is 10.1. The first kappa shape index (κ1) is 21.0. The van der Waals surface area contributed by atoms with E-state index in [1.807, 2.05) is 6.07 Å². The molecule has 0 aliphatic heterocycles. The van der Waals surface area contributed by atoms with Crippen molar-refractivity contribution >= 4 is 109 Å². The van der Waals surface area contributed by atoms with Gasteiger partial charge in [0.15, 0.2) is 0 Å². The number of nitrogens with zero attached hydrogens (tertiary/aromatic N) is 2. The molecule has 0 atom stereocenters. The molecule has 0 bridgehead atoms. The molecule has 0 saturated carbocycles. The molecule has 0 aliphatic carbocycles. The van der Waals surface area contributed by atoms with Crippen molar-refractivity contribution in [3.63, 3.8) is 0 Å². The Labute approximate surface area is 243 Å². The number of fused-ring (bicyclic) bond motifs is 17. The van der Waals surface area contributed by atoms with Crippen LogP contribution in [0, 0.1) is 0 Å². The average Bonchev–Trinajstić information content (AvgIpc) is 3.83. The molecule has 0 radical (unpaired) electrons. The minimum Gasteiger partial charge on any atom is -0.455 e. The quantitative estimate of drug-likeness (QED) is 0.186. The lowest BCUT2D eigenvalue weighted by molar-refractivity contribution is 0.673. The van der Waals surface area contributed by atoms with E-state index in [2.05, 4.69) is 124 Å². The number of furan rings is 1. The number of benzene rings is 7. The van der Waals surface area contributed by atoms with E-state index in [1.165, 1.54) is 97.7 Å².